The molecular formula is C18H19ClN2O5S2. The van der Waals surface area contributed by atoms with Crippen molar-refractivity contribution < 1.29 is 22.8 Å². The van der Waals surface area contributed by atoms with Crippen LogP contribution in [0.2, 0.25) is 5.02 Å². The third kappa shape index (κ3) is 4.76. The van der Waals surface area contributed by atoms with E-state index in [1.807, 2.05) is 0 Å². The summed E-state index contributed by atoms with van der Waals surface area (Å²) < 4.78 is 23.1. The Kier molecular flexibility index (Phi) is 6.16. The monoisotopic (exact) mass is 442 g/mol. The number of nitrogens with zero attached hydrogens (tertiary/aromatic N) is 2. The zero-order valence-corrected chi connectivity index (χ0v) is 17.5. The minimum absolute atomic E-state index is 0.0364. The second-order valence-electron chi connectivity index (χ2n) is 6.70. The molecule has 1 aromatic rings. The van der Waals surface area contributed by atoms with Crippen LogP contribution in [0.1, 0.15) is 18.4 Å². The van der Waals surface area contributed by atoms with Crippen LogP contribution in [-0.4, -0.2) is 66.4 Å². The second kappa shape index (κ2) is 8.26. The zero-order valence-electron chi connectivity index (χ0n) is 15.1. The van der Waals surface area contributed by atoms with Crippen molar-refractivity contribution in [1.29, 1.82) is 0 Å². The normalized spacial score (nSPS) is 22.9. The van der Waals surface area contributed by atoms with Crippen LogP contribution < -0.4 is 0 Å². The number of imide groups is 1. The van der Waals surface area contributed by atoms with Gasteiger partial charge in [-0.25, -0.2) is 8.42 Å². The molecule has 0 spiro atoms. The third-order valence-electron chi connectivity index (χ3n) is 4.74. The molecule has 0 unspecified atom stereocenters. The lowest BCUT2D eigenvalue weighted by Gasteiger charge is -2.24. The Balaban J connectivity index is 1.60. The molecule has 2 fully saturated rings. The largest absolute Gasteiger partial charge is 0.342 e. The maximum atomic E-state index is 12.5. The number of thioether (sulfide) groups is 1. The molecule has 2 heterocycles. The van der Waals surface area contributed by atoms with Gasteiger partial charge in [0.2, 0.25) is 5.91 Å². The first-order chi connectivity index (χ1) is 13.2. The lowest BCUT2D eigenvalue weighted by molar-refractivity contribution is -0.132. The SMILES string of the molecule is CN(C(=O)CCN1C(=O)S/C(=C/c2ccc(Cl)cc2)C1=O)[C@H]1CCS(=O)(=O)C1. The molecule has 10 heteroatoms. The first-order valence-electron chi connectivity index (χ1n) is 8.63. The van der Waals surface area contributed by atoms with Crippen molar-refractivity contribution in [3.63, 3.8) is 0 Å². The van der Waals surface area contributed by atoms with Gasteiger partial charge in [0.25, 0.3) is 11.1 Å². The quantitative estimate of drug-likeness (QED) is 0.650. The van der Waals surface area contributed by atoms with Crippen molar-refractivity contribution in [2.45, 2.75) is 18.9 Å². The molecule has 7 nitrogen and oxygen atoms in total. The van der Waals surface area contributed by atoms with E-state index >= 15 is 0 Å². The number of carbonyl (C=O) groups is 3. The fourth-order valence-corrected chi connectivity index (χ4v) is 5.84. The van der Waals surface area contributed by atoms with Crippen LogP contribution in [0.15, 0.2) is 29.2 Å². The lowest BCUT2D eigenvalue weighted by Crippen LogP contribution is -2.40. The molecule has 2 aliphatic rings. The molecule has 0 bridgehead atoms. The van der Waals surface area contributed by atoms with Crippen molar-refractivity contribution in [2.24, 2.45) is 0 Å². The highest BCUT2D eigenvalue weighted by atomic mass is 35.5. The molecule has 28 heavy (non-hydrogen) atoms. The van der Waals surface area contributed by atoms with Crippen molar-refractivity contribution in [3.8, 4) is 0 Å². The smallest absolute Gasteiger partial charge is 0.293 e. The molecule has 3 rings (SSSR count). The van der Waals surface area contributed by atoms with E-state index in [4.69, 9.17) is 11.6 Å². The molecule has 0 radical (unpaired) electrons. The highest BCUT2D eigenvalue weighted by Crippen LogP contribution is 2.32. The Bertz CT molecular complexity index is 943. The van der Waals surface area contributed by atoms with Gasteiger partial charge in [0, 0.05) is 31.1 Å². The van der Waals surface area contributed by atoms with Crippen LogP contribution in [0.3, 0.4) is 0 Å². The van der Waals surface area contributed by atoms with Crippen molar-refractivity contribution >= 4 is 56.3 Å². The average molecular weight is 443 g/mol. The summed E-state index contributed by atoms with van der Waals surface area (Å²) in [6.07, 6.45) is 1.98. The maximum absolute atomic E-state index is 12.5. The van der Waals surface area contributed by atoms with Crippen LogP contribution in [0.4, 0.5) is 4.79 Å². The highest BCUT2D eigenvalue weighted by Gasteiger charge is 2.36. The van der Waals surface area contributed by atoms with E-state index in [0.29, 0.717) is 11.4 Å². The molecular weight excluding hydrogens is 424 g/mol. The molecule has 0 N–H and O–H groups in total. The number of carbonyl (C=O) groups excluding carboxylic acids is 3. The van der Waals surface area contributed by atoms with Gasteiger partial charge < -0.3 is 4.90 Å². The molecule has 150 valence electrons. The van der Waals surface area contributed by atoms with Crippen molar-refractivity contribution in [1.82, 2.24) is 9.80 Å². The van der Waals surface area contributed by atoms with Gasteiger partial charge in [-0.2, -0.15) is 0 Å². The summed E-state index contributed by atoms with van der Waals surface area (Å²) >= 11 is 6.67. The van der Waals surface area contributed by atoms with E-state index < -0.39 is 21.0 Å². The summed E-state index contributed by atoms with van der Waals surface area (Å²) in [7, 11) is -1.54. The zero-order chi connectivity index (χ0) is 20.5. The van der Waals surface area contributed by atoms with Gasteiger partial charge in [0.1, 0.15) is 0 Å². The highest BCUT2D eigenvalue weighted by molar-refractivity contribution is 8.18. The Morgan fingerprint density at radius 1 is 1.32 bits per heavy atom. The summed E-state index contributed by atoms with van der Waals surface area (Å²) in [6, 6.07) is 6.51. The van der Waals surface area contributed by atoms with E-state index in [1.54, 1.807) is 37.4 Å². The number of halogens is 1. The number of rotatable bonds is 5. The number of benzene rings is 1. The van der Waals surface area contributed by atoms with Gasteiger partial charge in [-0.15, -0.1) is 0 Å². The first kappa shape index (κ1) is 20.9. The van der Waals surface area contributed by atoms with E-state index in [1.165, 1.54) is 4.90 Å². The molecule has 3 amide bonds. The summed E-state index contributed by atoms with van der Waals surface area (Å²) in [5.74, 6) is -0.694. The van der Waals surface area contributed by atoms with E-state index in [0.717, 1.165) is 22.2 Å². The van der Waals surface area contributed by atoms with E-state index in [-0.39, 0.29) is 41.3 Å². The molecule has 0 saturated carbocycles. The fraction of sp³-hybridized carbons (Fsp3) is 0.389. The third-order valence-corrected chi connectivity index (χ3v) is 7.65. The topological polar surface area (TPSA) is 91.8 Å². The molecule has 0 aliphatic carbocycles. The molecule has 2 saturated heterocycles. The van der Waals surface area contributed by atoms with Gasteiger partial charge in [-0.05, 0) is 42.0 Å². The predicted molar refractivity (Wildman–Crippen MR) is 109 cm³/mol. The number of hydrogen-bond acceptors (Lipinski definition) is 6. The summed E-state index contributed by atoms with van der Waals surface area (Å²) in [5.41, 5.74) is 0.744. The van der Waals surface area contributed by atoms with Gasteiger partial charge in [0.15, 0.2) is 9.84 Å². The average Bonchev–Trinajstić information content (AvgIpc) is 3.13. The van der Waals surface area contributed by atoms with Crippen molar-refractivity contribution in [3.05, 3.63) is 39.8 Å². The van der Waals surface area contributed by atoms with Crippen LogP contribution in [-0.2, 0) is 19.4 Å². The number of sulfone groups is 1. The Labute approximate surface area is 172 Å². The van der Waals surface area contributed by atoms with E-state index in [9.17, 15) is 22.8 Å². The molecule has 2 aliphatic heterocycles. The van der Waals surface area contributed by atoms with Crippen LogP contribution in [0.5, 0.6) is 0 Å². The second-order valence-corrected chi connectivity index (χ2v) is 10.4. The van der Waals surface area contributed by atoms with Gasteiger partial charge in [0.05, 0.1) is 16.4 Å². The van der Waals surface area contributed by atoms with Gasteiger partial charge >= 0.3 is 0 Å². The molecule has 0 aromatic heterocycles. The van der Waals surface area contributed by atoms with Crippen LogP contribution in [0.25, 0.3) is 6.08 Å². The first-order valence-corrected chi connectivity index (χ1v) is 11.6. The number of hydrogen-bond donors (Lipinski definition) is 0. The Hall–Kier alpha value is -1.84. The van der Waals surface area contributed by atoms with Gasteiger partial charge in [-0.3, -0.25) is 19.3 Å². The summed E-state index contributed by atoms with van der Waals surface area (Å²) in [6.45, 7) is -0.0364. The molecule has 1 aromatic carbocycles. The van der Waals surface area contributed by atoms with E-state index in [2.05, 4.69) is 0 Å². The summed E-state index contributed by atoms with van der Waals surface area (Å²) in [5, 5.41) is 0.145. The fourth-order valence-electron chi connectivity index (χ4n) is 3.07. The Morgan fingerprint density at radius 2 is 2.00 bits per heavy atom. The standard InChI is InChI=1S/C18H19ClN2O5S2/c1-20(14-7-9-28(25,26)11-14)16(22)6-8-21-17(23)15(27-18(21)24)10-12-2-4-13(19)5-3-12/h2-5,10,14H,6-9,11H2,1H3/b15-10+/t14-/m0/s1. The van der Waals surface area contributed by atoms with Gasteiger partial charge in [-0.1, -0.05) is 23.7 Å². The predicted octanol–water partition coefficient (Wildman–Crippen LogP) is 2.41. The Morgan fingerprint density at radius 3 is 2.61 bits per heavy atom. The lowest BCUT2D eigenvalue weighted by atomic mass is 10.2. The number of amides is 3. The maximum Gasteiger partial charge on any atom is 0.293 e. The van der Waals surface area contributed by atoms with Crippen molar-refractivity contribution in [2.75, 3.05) is 25.1 Å². The minimum Gasteiger partial charge on any atom is -0.342 e. The molecule has 1 atom stereocenters. The van der Waals surface area contributed by atoms with Crippen LogP contribution in [0, 0.1) is 0 Å². The van der Waals surface area contributed by atoms with Crippen LogP contribution >= 0.6 is 23.4 Å². The minimum atomic E-state index is -3.09. The summed E-state index contributed by atoms with van der Waals surface area (Å²) in [4.78, 5) is 39.8.